The highest BCUT2D eigenvalue weighted by molar-refractivity contribution is 5.94. The third-order valence-electron chi connectivity index (χ3n) is 7.44. The Labute approximate surface area is 209 Å². The maximum atomic E-state index is 12.8. The molecular weight excluding hydrogens is 444 g/mol. The van der Waals surface area contributed by atoms with Crippen molar-refractivity contribution in [2.24, 2.45) is 11.8 Å². The van der Waals surface area contributed by atoms with Crippen LogP contribution in [-0.2, 0) is 14.3 Å². The molecule has 4 unspecified atom stereocenters. The largest absolute Gasteiger partial charge is 0.481 e. The quantitative estimate of drug-likeness (QED) is 0.332. The molecule has 2 fully saturated rings. The van der Waals surface area contributed by atoms with Crippen LogP contribution in [0.4, 0.5) is 0 Å². The first-order valence-corrected chi connectivity index (χ1v) is 13.5. The number of rotatable bonds is 16. The van der Waals surface area contributed by atoms with Gasteiger partial charge in [0.05, 0.1) is 12.2 Å². The molecule has 2 aliphatic heterocycles. The van der Waals surface area contributed by atoms with Crippen molar-refractivity contribution in [2.45, 2.75) is 89.8 Å². The van der Waals surface area contributed by atoms with Crippen molar-refractivity contribution in [3.63, 3.8) is 0 Å². The number of benzene rings is 1. The summed E-state index contributed by atoms with van der Waals surface area (Å²) in [5.41, 5.74) is 0.689. The minimum Gasteiger partial charge on any atom is -0.481 e. The van der Waals surface area contributed by atoms with Crippen LogP contribution in [0.2, 0.25) is 0 Å². The third kappa shape index (κ3) is 8.34. The number of hydrogen-bond acceptors (Lipinski definition) is 4. The lowest BCUT2D eigenvalue weighted by Gasteiger charge is -2.28. The second-order valence-electron chi connectivity index (χ2n) is 10.0. The van der Waals surface area contributed by atoms with Crippen molar-refractivity contribution in [1.29, 1.82) is 0 Å². The molecule has 2 heterocycles. The number of carboxylic acid groups (broad SMARTS) is 1. The highest BCUT2D eigenvalue weighted by Crippen LogP contribution is 2.45. The van der Waals surface area contributed by atoms with Crippen molar-refractivity contribution in [3.8, 4) is 0 Å². The van der Waals surface area contributed by atoms with E-state index in [2.05, 4.69) is 12.2 Å². The molecule has 0 aliphatic carbocycles. The van der Waals surface area contributed by atoms with E-state index in [1.807, 2.05) is 35.2 Å². The van der Waals surface area contributed by atoms with Crippen LogP contribution in [0.15, 0.2) is 30.3 Å². The first kappa shape index (κ1) is 27.2. The summed E-state index contributed by atoms with van der Waals surface area (Å²) < 4.78 is 6.17. The molecule has 2 saturated heterocycles. The average Bonchev–Trinajstić information content (AvgIpc) is 3.46. The average molecular weight is 487 g/mol. The molecule has 2 aliphatic rings. The molecule has 2 bridgehead atoms. The van der Waals surface area contributed by atoms with Gasteiger partial charge in [0.25, 0.3) is 5.91 Å². The van der Waals surface area contributed by atoms with Crippen LogP contribution in [0.5, 0.6) is 0 Å². The van der Waals surface area contributed by atoms with Gasteiger partial charge in [-0.25, -0.2) is 0 Å². The van der Waals surface area contributed by atoms with Gasteiger partial charge in [-0.1, -0.05) is 44.4 Å². The highest BCUT2D eigenvalue weighted by atomic mass is 16.5. The van der Waals surface area contributed by atoms with E-state index in [9.17, 15) is 14.4 Å². The Kier molecular flexibility index (Phi) is 11.0. The lowest BCUT2D eigenvalue weighted by atomic mass is 9.76. The summed E-state index contributed by atoms with van der Waals surface area (Å²) in [7, 11) is 0. The Morgan fingerprint density at radius 3 is 2.37 bits per heavy atom. The second kappa shape index (κ2) is 14.2. The maximum Gasteiger partial charge on any atom is 0.303 e. The maximum absolute atomic E-state index is 12.8. The van der Waals surface area contributed by atoms with Crippen LogP contribution in [0.1, 0.15) is 87.9 Å². The number of carboxylic acids is 1. The molecule has 3 rings (SSSR count). The molecule has 0 aromatic heterocycles. The van der Waals surface area contributed by atoms with Crippen LogP contribution in [-0.4, -0.2) is 59.6 Å². The summed E-state index contributed by atoms with van der Waals surface area (Å²) in [6.45, 7) is 3.99. The zero-order valence-electron chi connectivity index (χ0n) is 21.1. The number of nitrogens with one attached hydrogen (secondary N) is 1. The molecular formula is C28H42N2O5. The van der Waals surface area contributed by atoms with E-state index in [1.165, 1.54) is 0 Å². The lowest BCUT2D eigenvalue weighted by molar-refractivity contribution is -0.137. The molecule has 4 atom stereocenters. The SMILES string of the molecule is CCCN(CCCC(=O)NCC1C2CCC(O2)C1CCCCCCC(=O)O)C(=O)c1ccccc1. The Morgan fingerprint density at radius 1 is 0.943 bits per heavy atom. The number of ether oxygens (including phenoxy) is 1. The van der Waals surface area contributed by atoms with Gasteiger partial charge in [-0.15, -0.1) is 0 Å². The summed E-state index contributed by atoms with van der Waals surface area (Å²) in [6, 6.07) is 9.32. The topological polar surface area (TPSA) is 95.9 Å². The standard InChI is InChI=1S/C28H42N2O5/c1-2-18-30(28(34)21-11-6-5-7-12-21)19-10-14-26(31)29-20-23-22(24-16-17-25(23)35-24)13-8-3-4-9-15-27(32)33/h5-7,11-12,22-25H,2-4,8-10,13-20H2,1H3,(H,29,31)(H,32,33). The Bertz CT molecular complexity index is 815. The van der Waals surface area contributed by atoms with Gasteiger partial charge in [0.15, 0.2) is 0 Å². The number of hydrogen-bond donors (Lipinski definition) is 2. The number of amides is 2. The highest BCUT2D eigenvalue weighted by Gasteiger charge is 2.48. The molecule has 7 heteroatoms. The Balaban J connectivity index is 1.37. The number of nitrogens with zero attached hydrogens (tertiary/aromatic N) is 1. The van der Waals surface area contributed by atoms with Crippen molar-refractivity contribution in [1.82, 2.24) is 10.2 Å². The minimum atomic E-state index is -0.719. The molecule has 7 nitrogen and oxygen atoms in total. The van der Waals surface area contributed by atoms with E-state index in [4.69, 9.17) is 9.84 Å². The van der Waals surface area contributed by atoms with Gasteiger partial charge in [0.1, 0.15) is 0 Å². The monoisotopic (exact) mass is 486 g/mol. The van der Waals surface area contributed by atoms with Gasteiger partial charge < -0.3 is 20.1 Å². The van der Waals surface area contributed by atoms with Crippen molar-refractivity contribution < 1.29 is 24.2 Å². The van der Waals surface area contributed by atoms with E-state index >= 15 is 0 Å². The molecule has 0 spiro atoms. The summed E-state index contributed by atoms with van der Waals surface area (Å²) in [4.78, 5) is 37.8. The van der Waals surface area contributed by atoms with Gasteiger partial charge in [-0.3, -0.25) is 14.4 Å². The number of fused-ring (bicyclic) bond motifs is 2. The first-order chi connectivity index (χ1) is 17.0. The van der Waals surface area contributed by atoms with Crippen molar-refractivity contribution in [2.75, 3.05) is 19.6 Å². The lowest BCUT2D eigenvalue weighted by Crippen LogP contribution is -2.38. The predicted molar refractivity (Wildman–Crippen MR) is 135 cm³/mol. The van der Waals surface area contributed by atoms with Crippen molar-refractivity contribution >= 4 is 17.8 Å². The van der Waals surface area contributed by atoms with Crippen LogP contribution < -0.4 is 5.32 Å². The van der Waals surface area contributed by atoms with Crippen LogP contribution in [0, 0.1) is 11.8 Å². The molecule has 1 aromatic rings. The van der Waals surface area contributed by atoms with Crippen LogP contribution in [0.3, 0.4) is 0 Å². The summed E-state index contributed by atoms with van der Waals surface area (Å²) in [6.07, 6.45) is 9.88. The smallest absolute Gasteiger partial charge is 0.303 e. The number of aliphatic carboxylic acids is 1. The summed E-state index contributed by atoms with van der Waals surface area (Å²) in [5.74, 6) is 0.204. The van der Waals surface area contributed by atoms with E-state index in [0.717, 1.165) is 51.4 Å². The zero-order chi connectivity index (χ0) is 25.0. The van der Waals surface area contributed by atoms with Crippen LogP contribution in [0.25, 0.3) is 0 Å². The molecule has 1 aromatic carbocycles. The number of carbonyl (C=O) groups is 3. The fourth-order valence-electron chi connectivity index (χ4n) is 5.66. The second-order valence-corrected chi connectivity index (χ2v) is 10.0. The normalized spacial score (nSPS) is 22.8. The molecule has 2 N–H and O–H groups in total. The first-order valence-electron chi connectivity index (χ1n) is 13.5. The van der Waals surface area contributed by atoms with Gasteiger partial charge in [-0.2, -0.15) is 0 Å². The molecule has 35 heavy (non-hydrogen) atoms. The molecule has 2 amide bonds. The van der Waals surface area contributed by atoms with E-state index < -0.39 is 5.97 Å². The predicted octanol–water partition coefficient (Wildman–Crippen LogP) is 4.65. The Hall–Kier alpha value is -2.41. The fourth-order valence-corrected chi connectivity index (χ4v) is 5.66. The summed E-state index contributed by atoms with van der Waals surface area (Å²) >= 11 is 0. The fraction of sp³-hybridized carbons (Fsp3) is 0.679. The van der Waals surface area contributed by atoms with E-state index in [1.54, 1.807) is 0 Å². The molecule has 0 saturated carbocycles. The van der Waals surface area contributed by atoms with Gasteiger partial charge in [0.2, 0.25) is 5.91 Å². The van der Waals surface area contributed by atoms with Crippen LogP contribution >= 0.6 is 0 Å². The van der Waals surface area contributed by atoms with E-state index in [0.29, 0.717) is 56.0 Å². The van der Waals surface area contributed by atoms with Gasteiger partial charge in [0, 0.05) is 44.0 Å². The summed E-state index contributed by atoms with van der Waals surface area (Å²) in [5, 5.41) is 11.9. The van der Waals surface area contributed by atoms with E-state index in [-0.39, 0.29) is 24.3 Å². The zero-order valence-corrected chi connectivity index (χ0v) is 21.1. The van der Waals surface area contributed by atoms with Gasteiger partial charge in [-0.05, 0) is 56.6 Å². The number of carbonyl (C=O) groups excluding carboxylic acids is 2. The minimum absolute atomic E-state index is 0.0257. The van der Waals surface area contributed by atoms with Crippen molar-refractivity contribution in [3.05, 3.63) is 35.9 Å². The molecule has 0 radical (unpaired) electrons. The van der Waals surface area contributed by atoms with Gasteiger partial charge >= 0.3 is 5.97 Å². The Morgan fingerprint density at radius 2 is 1.66 bits per heavy atom. The molecule has 194 valence electrons. The third-order valence-corrected chi connectivity index (χ3v) is 7.44. The number of unbranched alkanes of at least 4 members (excludes halogenated alkanes) is 3.